The normalized spacial score (nSPS) is 13.4. The molecule has 0 aliphatic carbocycles. The van der Waals surface area contributed by atoms with E-state index in [1.165, 1.54) is 18.5 Å². The second kappa shape index (κ2) is 4.42. The number of hydrogen-bond donors (Lipinski definition) is 0. The Hall–Kier alpha value is -1.88. The lowest BCUT2D eigenvalue weighted by atomic mass is 10.3. The fraction of sp³-hybridized carbons (Fsp3) is 0.250. The highest BCUT2D eigenvalue weighted by Crippen LogP contribution is 2.18. The Labute approximate surface area is 108 Å². The smallest absolute Gasteiger partial charge is 0.364 e. The summed E-state index contributed by atoms with van der Waals surface area (Å²) in [6.45, 7) is 0.862. The number of nitrogens with zero attached hydrogens (tertiary/aromatic N) is 3. The van der Waals surface area contributed by atoms with Crippen molar-refractivity contribution in [3.63, 3.8) is 0 Å². The molecule has 3 rings (SSSR count). The second-order valence-corrected chi connectivity index (χ2v) is 4.51. The van der Waals surface area contributed by atoms with Gasteiger partial charge in [-0.1, -0.05) is 11.6 Å². The van der Waals surface area contributed by atoms with E-state index in [-0.39, 0.29) is 0 Å². The Morgan fingerprint density at radius 3 is 3.06 bits per heavy atom. The van der Waals surface area contributed by atoms with Crippen molar-refractivity contribution in [1.29, 1.82) is 0 Å². The van der Waals surface area contributed by atoms with E-state index in [1.807, 2.05) is 4.68 Å². The van der Waals surface area contributed by atoms with Gasteiger partial charge in [-0.3, -0.25) is 9.67 Å². The molecule has 3 heterocycles. The lowest BCUT2D eigenvalue weighted by molar-refractivity contribution is 0.0727. The molecule has 0 bridgehead atoms. The molecule has 1 aliphatic heterocycles. The van der Waals surface area contributed by atoms with Crippen LogP contribution in [0.1, 0.15) is 22.6 Å². The van der Waals surface area contributed by atoms with Crippen LogP contribution in [0.4, 0.5) is 0 Å². The van der Waals surface area contributed by atoms with Gasteiger partial charge in [0.1, 0.15) is 0 Å². The van der Waals surface area contributed by atoms with Crippen molar-refractivity contribution in [2.75, 3.05) is 0 Å². The van der Waals surface area contributed by atoms with Gasteiger partial charge < -0.3 is 4.74 Å². The Bertz CT molecular complexity index is 588. The number of fused-ring (bicyclic) bond motifs is 1. The summed E-state index contributed by atoms with van der Waals surface area (Å²) in [7, 11) is 0. The molecule has 5 nitrogen and oxygen atoms in total. The number of aromatic nitrogens is 3. The standard InChI is InChI=1S/C12H10ClN3O2/c13-8-4-10(7-14-6-8)18-12(17)11-5-9-2-1-3-16(9)15-11/h4-7H,1-3H2. The first-order valence-electron chi connectivity index (χ1n) is 5.62. The van der Waals surface area contributed by atoms with Crippen molar-refractivity contribution in [2.24, 2.45) is 0 Å². The van der Waals surface area contributed by atoms with Crippen molar-refractivity contribution >= 4 is 17.6 Å². The summed E-state index contributed by atoms with van der Waals surface area (Å²) in [5, 5.41) is 4.62. The minimum atomic E-state index is -0.485. The van der Waals surface area contributed by atoms with Gasteiger partial charge in [0.15, 0.2) is 11.4 Å². The molecule has 18 heavy (non-hydrogen) atoms. The molecule has 92 valence electrons. The molecule has 0 saturated carbocycles. The van der Waals surface area contributed by atoms with E-state index in [9.17, 15) is 4.79 Å². The van der Waals surface area contributed by atoms with Crippen LogP contribution in [0.5, 0.6) is 5.75 Å². The predicted octanol–water partition coefficient (Wildman–Crippen LogP) is 2.10. The fourth-order valence-corrected chi connectivity index (χ4v) is 2.13. The fourth-order valence-electron chi connectivity index (χ4n) is 1.97. The Morgan fingerprint density at radius 1 is 1.39 bits per heavy atom. The Kier molecular flexibility index (Phi) is 2.76. The molecule has 1 aliphatic rings. The monoisotopic (exact) mass is 263 g/mol. The first-order chi connectivity index (χ1) is 8.72. The molecule has 0 spiro atoms. The molecule has 0 unspecified atom stereocenters. The van der Waals surface area contributed by atoms with Crippen LogP contribution >= 0.6 is 11.6 Å². The number of esters is 1. The van der Waals surface area contributed by atoms with Crippen molar-refractivity contribution in [1.82, 2.24) is 14.8 Å². The zero-order chi connectivity index (χ0) is 12.5. The van der Waals surface area contributed by atoms with Crippen LogP contribution in [0.15, 0.2) is 24.5 Å². The third-order valence-electron chi connectivity index (χ3n) is 2.77. The molecule has 0 saturated heterocycles. The van der Waals surface area contributed by atoms with Gasteiger partial charge in [0.2, 0.25) is 0 Å². The number of carbonyl (C=O) groups excluding carboxylic acids is 1. The van der Waals surface area contributed by atoms with Crippen LogP contribution in [0, 0.1) is 0 Å². The van der Waals surface area contributed by atoms with Crippen LogP contribution in [0.2, 0.25) is 5.02 Å². The average Bonchev–Trinajstić information content (AvgIpc) is 2.88. The van der Waals surface area contributed by atoms with Crippen molar-refractivity contribution < 1.29 is 9.53 Å². The van der Waals surface area contributed by atoms with Crippen LogP contribution in [-0.2, 0) is 13.0 Å². The SMILES string of the molecule is O=C(Oc1cncc(Cl)c1)c1cc2n(n1)CCC2. The summed E-state index contributed by atoms with van der Waals surface area (Å²) in [5.41, 5.74) is 1.40. The van der Waals surface area contributed by atoms with Crippen LogP contribution in [0.25, 0.3) is 0 Å². The molecular formula is C12H10ClN3O2. The van der Waals surface area contributed by atoms with Gasteiger partial charge in [0, 0.05) is 24.5 Å². The van der Waals surface area contributed by atoms with Crippen molar-refractivity contribution in [2.45, 2.75) is 19.4 Å². The third-order valence-corrected chi connectivity index (χ3v) is 2.97. The van der Waals surface area contributed by atoms with E-state index in [4.69, 9.17) is 16.3 Å². The second-order valence-electron chi connectivity index (χ2n) is 4.08. The molecule has 0 aromatic carbocycles. The minimum Gasteiger partial charge on any atom is -0.420 e. The molecule has 0 fully saturated rings. The quantitative estimate of drug-likeness (QED) is 0.779. The summed E-state index contributed by atoms with van der Waals surface area (Å²) >= 11 is 5.76. The van der Waals surface area contributed by atoms with Gasteiger partial charge in [0.05, 0.1) is 11.2 Å². The third kappa shape index (κ3) is 2.09. The highest BCUT2D eigenvalue weighted by atomic mass is 35.5. The van der Waals surface area contributed by atoms with E-state index >= 15 is 0 Å². The highest BCUT2D eigenvalue weighted by Gasteiger charge is 2.19. The van der Waals surface area contributed by atoms with Gasteiger partial charge in [-0.2, -0.15) is 5.10 Å². The minimum absolute atomic E-state index is 0.320. The first-order valence-corrected chi connectivity index (χ1v) is 5.99. The number of carbonyl (C=O) groups is 1. The number of rotatable bonds is 2. The number of aryl methyl sites for hydroxylation is 2. The predicted molar refractivity (Wildman–Crippen MR) is 64.8 cm³/mol. The number of pyridine rings is 1. The maximum absolute atomic E-state index is 11.9. The van der Waals surface area contributed by atoms with Gasteiger partial charge in [-0.15, -0.1) is 0 Å². The van der Waals surface area contributed by atoms with Crippen LogP contribution in [0.3, 0.4) is 0 Å². The summed E-state index contributed by atoms with van der Waals surface area (Å²) in [4.78, 5) is 15.7. The summed E-state index contributed by atoms with van der Waals surface area (Å²) in [6.07, 6.45) is 4.95. The highest BCUT2D eigenvalue weighted by molar-refractivity contribution is 6.30. The average molecular weight is 264 g/mol. The molecule has 0 amide bonds. The van der Waals surface area contributed by atoms with Gasteiger partial charge in [-0.05, 0) is 18.9 Å². The molecule has 0 N–H and O–H groups in total. The van der Waals surface area contributed by atoms with Crippen LogP contribution < -0.4 is 4.74 Å². The number of hydrogen-bond acceptors (Lipinski definition) is 4. The zero-order valence-corrected chi connectivity index (χ0v) is 10.2. The van der Waals surface area contributed by atoms with Crippen molar-refractivity contribution in [3.05, 3.63) is 40.9 Å². The zero-order valence-electron chi connectivity index (χ0n) is 9.47. The van der Waals surface area contributed by atoms with Gasteiger partial charge >= 0.3 is 5.97 Å². The molecular weight excluding hydrogens is 254 g/mol. The van der Waals surface area contributed by atoms with Gasteiger partial charge in [0.25, 0.3) is 0 Å². The maximum Gasteiger partial charge on any atom is 0.364 e. The number of halogens is 1. The van der Waals surface area contributed by atoms with E-state index in [0.717, 1.165) is 25.1 Å². The lowest BCUT2D eigenvalue weighted by Crippen LogP contribution is -2.10. The van der Waals surface area contributed by atoms with E-state index in [0.29, 0.717) is 16.5 Å². The topological polar surface area (TPSA) is 57.0 Å². The molecule has 0 radical (unpaired) electrons. The Morgan fingerprint density at radius 2 is 2.28 bits per heavy atom. The van der Waals surface area contributed by atoms with Gasteiger partial charge in [-0.25, -0.2) is 4.79 Å². The number of ether oxygens (including phenoxy) is 1. The van der Waals surface area contributed by atoms with E-state index in [1.54, 1.807) is 6.07 Å². The van der Waals surface area contributed by atoms with E-state index in [2.05, 4.69) is 10.1 Å². The van der Waals surface area contributed by atoms with E-state index < -0.39 is 5.97 Å². The molecule has 2 aromatic heterocycles. The largest absolute Gasteiger partial charge is 0.420 e. The maximum atomic E-state index is 11.9. The molecule has 0 atom stereocenters. The summed E-state index contributed by atoms with van der Waals surface area (Å²) in [5.74, 6) is -0.165. The van der Waals surface area contributed by atoms with Crippen LogP contribution in [-0.4, -0.2) is 20.7 Å². The lowest BCUT2D eigenvalue weighted by Gasteiger charge is -2.01. The molecule has 2 aromatic rings. The van der Waals surface area contributed by atoms with Crippen molar-refractivity contribution in [3.8, 4) is 5.75 Å². The first kappa shape index (κ1) is 11.2. The summed E-state index contributed by atoms with van der Waals surface area (Å²) in [6, 6.07) is 3.31. The Balaban J connectivity index is 1.78. The molecule has 6 heteroatoms. The summed E-state index contributed by atoms with van der Waals surface area (Å²) < 4.78 is 7.00.